The second-order valence-corrected chi connectivity index (χ2v) is 10.8. The molecule has 38 heavy (non-hydrogen) atoms. The molecule has 1 fully saturated rings. The van der Waals surface area contributed by atoms with Gasteiger partial charge < -0.3 is 14.9 Å². The molecule has 0 bridgehead atoms. The van der Waals surface area contributed by atoms with Crippen molar-refractivity contribution in [2.45, 2.75) is 39.7 Å². The van der Waals surface area contributed by atoms with Crippen LogP contribution in [0.3, 0.4) is 0 Å². The Morgan fingerprint density at radius 3 is 2.37 bits per heavy atom. The number of methoxy groups -OCH3 is 1. The molecule has 0 spiro atoms. The Bertz CT molecular complexity index is 1580. The van der Waals surface area contributed by atoms with E-state index in [1.54, 1.807) is 37.4 Å². The summed E-state index contributed by atoms with van der Waals surface area (Å²) < 4.78 is 6.36. The average molecular weight is 529 g/mol. The number of amides is 1. The molecule has 2 N–H and O–H groups in total. The van der Waals surface area contributed by atoms with Crippen LogP contribution in [0.15, 0.2) is 60.2 Å². The number of hydrogen-bond acceptors (Lipinski definition) is 7. The van der Waals surface area contributed by atoms with Crippen LogP contribution in [0.25, 0.3) is 16.0 Å². The summed E-state index contributed by atoms with van der Waals surface area (Å²) in [6.45, 7) is 8.02. The Morgan fingerprint density at radius 2 is 1.71 bits per heavy atom. The van der Waals surface area contributed by atoms with E-state index < -0.39 is 17.7 Å². The monoisotopic (exact) mass is 528 g/mol. The van der Waals surface area contributed by atoms with E-state index in [4.69, 9.17) is 9.72 Å². The first-order valence-electron chi connectivity index (χ1n) is 12.3. The van der Waals surface area contributed by atoms with Gasteiger partial charge in [0.25, 0.3) is 5.78 Å². The number of benzene rings is 3. The third-order valence-electron chi connectivity index (χ3n) is 6.98. The van der Waals surface area contributed by atoms with E-state index in [-0.39, 0.29) is 23.0 Å². The van der Waals surface area contributed by atoms with Crippen molar-refractivity contribution in [3.05, 3.63) is 88.0 Å². The first-order valence-corrected chi connectivity index (χ1v) is 13.1. The number of phenolic OH excluding ortho intramolecular Hbond substituents is 1. The lowest BCUT2D eigenvalue weighted by atomic mass is 9.93. The maximum Gasteiger partial charge on any atom is 0.301 e. The first kappa shape index (κ1) is 25.5. The number of aromatic hydroxyl groups is 1. The predicted octanol–water partition coefficient (Wildman–Crippen LogP) is 6.38. The molecular formula is C30H28N2O5S. The lowest BCUT2D eigenvalue weighted by molar-refractivity contribution is -0.132. The highest BCUT2D eigenvalue weighted by molar-refractivity contribution is 7.22. The SMILES string of the molecule is COc1ccc(/C(O)=C2\C(=O)C(=O)N(c3nc4cc(C)c(C)cc4s3)C2c2ccc(O)cc2)cc1C(C)C. The van der Waals surface area contributed by atoms with Gasteiger partial charge in [0.2, 0.25) is 0 Å². The van der Waals surface area contributed by atoms with Crippen LogP contribution in [-0.2, 0) is 9.59 Å². The van der Waals surface area contributed by atoms with E-state index in [1.807, 2.05) is 39.8 Å². The molecule has 4 aromatic rings. The van der Waals surface area contributed by atoms with Gasteiger partial charge in [-0.05, 0) is 84.5 Å². The highest BCUT2D eigenvalue weighted by Crippen LogP contribution is 2.45. The van der Waals surface area contributed by atoms with Crippen LogP contribution in [-0.4, -0.2) is 34.0 Å². The summed E-state index contributed by atoms with van der Waals surface area (Å²) in [5, 5.41) is 21.8. The number of aliphatic hydroxyl groups is 1. The number of ether oxygens (including phenoxy) is 1. The van der Waals surface area contributed by atoms with Gasteiger partial charge in [0.1, 0.15) is 17.3 Å². The van der Waals surface area contributed by atoms with Crippen LogP contribution < -0.4 is 9.64 Å². The molecule has 7 nitrogen and oxygen atoms in total. The van der Waals surface area contributed by atoms with Crippen molar-refractivity contribution in [3.63, 3.8) is 0 Å². The first-order chi connectivity index (χ1) is 18.1. The Balaban J connectivity index is 1.73. The quantitative estimate of drug-likeness (QED) is 0.177. The van der Waals surface area contributed by atoms with Gasteiger partial charge in [-0.3, -0.25) is 14.5 Å². The molecule has 3 aromatic carbocycles. The van der Waals surface area contributed by atoms with Crippen molar-refractivity contribution in [2.24, 2.45) is 0 Å². The number of fused-ring (bicyclic) bond motifs is 1. The highest BCUT2D eigenvalue weighted by atomic mass is 32.1. The van der Waals surface area contributed by atoms with E-state index in [1.165, 1.54) is 28.4 Å². The topological polar surface area (TPSA) is 100.0 Å². The number of carbonyl (C=O) groups is 2. The number of rotatable bonds is 5. The molecule has 0 radical (unpaired) electrons. The molecule has 1 unspecified atom stereocenters. The van der Waals surface area contributed by atoms with Gasteiger partial charge in [-0.15, -0.1) is 0 Å². The fourth-order valence-electron chi connectivity index (χ4n) is 4.76. The number of carbonyl (C=O) groups excluding carboxylic acids is 2. The number of nitrogens with zero attached hydrogens (tertiary/aromatic N) is 2. The highest BCUT2D eigenvalue weighted by Gasteiger charge is 2.48. The number of thiazole rings is 1. The standard InChI is InChI=1S/C30H28N2O5S/c1-15(2)21-14-19(8-11-23(21)37-5)27(34)25-26(18-6-9-20(33)10-7-18)32(29(36)28(25)35)30-31-22-12-16(3)17(4)13-24(22)38-30/h6-15,26,33-34H,1-5H3/b27-25+. The molecular weight excluding hydrogens is 500 g/mol. The number of aryl methyl sites for hydroxylation is 2. The summed E-state index contributed by atoms with van der Waals surface area (Å²) >= 11 is 1.32. The van der Waals surface area contributed by atoms with Crippen molar-refractivity contribution in [1.29, 1.82) is 0 Å². The number of anilines is 1. The summed E-state index contributed by atoms with van der Waals surface area (Å²) in [4.78, 5) is 33.1. The molecule has 1 saturated heterocycles. The zero-order valence-electron chi connectivity index (χ0n) is 21.8. The van der Waals surface area contributed by atoms with Crippen molar-refractivity contribution in [1.82, 2.24) is 4.98 Å². The van der Waals surface area contributed by atoms with Crippen LogP contribution in [0.2, 0.25) is 0 Å². The molecule has 5 rings (SSSR count). The van der Waals surface area contributed by atoms with E-state index >= 15 is 0 Å². The number of aromatic nitrogens is 1. The van der Waals surface area contributed by atoms with Crippen molar-refractivity contribution < 1.29 is 24.5 Å². The summed E-state index contributed by atoms with van der Waals surface area (Å²) in [6, 6.07) is 14.5. The second kappa shape index (κ2) is 9.61. The maximum atomic E-state index is 13.5. The molecule has 1 aliphatic rings. The lowest BCUT2D eigenvalue weighted by Crippen LogP contribution is -2.29. The molecule has 1 atom stereocenters. The largest absolute Gasteiger partial charge is 0.508 e. The summed E-state index contributed by atoms with van der Waals surface area (Å²) in [5.41, 5.74) is 4.71. The third-order valence-corrected chi connectivity index (χ3v) is 7.99. The minimum Gasteiger partial charge on any atom is -0.508 e. The van der Waals surface area contributed by atoms with Gasteiger partial charge >= 0.3 is 5.91 Å². The van der Waals surface area contributed by atoms with Crippen LogP contribution >= 0.6 is 11.3 Å². The molecule has 0 aliphatic carbocycles. The van der Waals surface area contributed by atoms with E-state index in [0.717, 1.165) is 26.9 Å². The predicted molar refractivity (Wildman–Crippen MR) is 149 cm³/mol. The van der Waals surface area contributed by atoms with Gasteiger partial charge in [0.05, 0.1) is 28.9 Å². The maximum absolute atomic E-state index is 13.5. The third kappa shape index (κ3) is 4.20. The molecule has 0 saturated carbocycles. The minimum absolute atomic E-state index is 0.0350. The van der Waals surface area contributed by atoms with E-state index in [0.29, 0.717) is 22.0 Å². The fourth-order valence-corrected chi connectivity index (χ4v) is 5.83. The number of aliphatic hydroxyl groups excluding tert-OH is 1. The molecule has 1 aromatic heterocycles. The fraction of sp³-hybridized carbons (Fsp3) is 0.233. The number of hydrogen-bond donors (Lipinski definition) is 2. The van der Waals surface area contributed by atoms with Crippen LogP contribution in [0, 0.1) is 13.8 Å². The average Bonchev–Trinajstić information content (AvgIpc) is 3.41. The molecule has 194 valence electrons. The van der Waals surface area contributed by atoms with E-state index in [2.05, 4.69) is 0 Å². The zero-order chi connectivity index (χ0) is 27.3. The number of ketones is 1. The van der Waals surface area contributed by atoms with Gasteiger partial charge in [0, 0.05) is 5.56 Å². The molecule has 2 heterocycles. The van der Waals surface area contributed by atoms with Crippen LogP contribution in [0.4, 0.5) is 5.13 Å². The smallest absolute Gasteiger partial charge is 0.301 e. The van der Waals surface area contributed by atoms with Crippen molar-refractivity contribution >= 4 is 44.1 Å². The summed E-state index contributed by atoms with van der Waals surface area (Å²) in [7, 11) is 1.58. The summed E-state index contributed by atoms with van der Waals surface area (Å²) in [6.07, 6.45) is 0. The Labute approximate surface area is 224 Å². The molecule has 1 amide bonds. The Kier molecular flexibility index (Phi) is 6.44. The van der Waals surface area contributed by atoms with Crippen molar-refractivity contribution in [3.8, 4) is 11.5 Å². The second-order valence-electron chi connectivity index (χ2n) is 9.77. The van der Waals surface area contributed by atoms with Gasteiger partial charge in [-0.25, -0.2) is 4.98 Å². The van der Waals surface area contributed by atoms with Crippen LogP contribution in [0.1, 0.15) is 53.6 Å². The molecule has 8 heteroatoms. The minimum atomic E-state index is -0.928. The normalized spacial score (nSPS) is 17.1. The number of Topliss-reactive ketones (excluding diaryl/α,β-unsaturated/α-hetero) is 1. The van der Waals surface area contributed by atoms with Crippen molar-refractivity contribution in [2.75, 3.05) is 12.0 Å². The van der Waals surface area contributed by atoms with Gasteiger partial charge in [-0.2, -0.15) is 0 Å². The lowest BCUT2D eigenvalue weighted by Gasteiger charge is -2.23. The van der Waals surface area contributed by atoms with E-state index in [9.17, 15) is 19.8 Å². The Morgan fingerprint density at radius 1 is 1.03 bits per heavy atom. The molecule has 1 aliphatic heterocycles. The number of phenols is 1. The Hall–Kier alpha value is -4.17. The zero-order valence-corrected chi connectivity index (χ0v) is 22.6. The summed E-state index contributed by atoms with van der Waals surface area (Å²) in [5.74, 6) is -1.02. The van der Waals surface area contributed by atoms with Gasteiger partial charge in [0.15, 0.2) is 5.13 Å². The van der Waals surface area contributed by atoms with Gasteiger partial charge in [-0.1, -0.05) is 37.3 Å². The van der Waals surface area contributed by atoms with Crippen LogP contribution in [0.5, 0.6) is 11.5 Å².